The van der Waals surface area contributed by atoms with Gasteiger partial charge in [-0.05, 0) is 31.7 Å². The SMILES string of the molecule is CCC1(C(=O)OCc2ccccc2)CCCC[C@]1(C)I. The molecule has 1 aliphatic rings. The van der Waals surface area contributed by atoms with Crippen molar-refractivity contribution >= 4 is 28.6 Å². The second kappa shape index (κ2) is 6.46. The summed E-state index contributed by atoms with van der Waals surface area (Å²) in [6.07, 6.45) is 5.26. The molecule has 0 aromatic heterocycles. The normalized spacial score (nSPS) is 29.9. The van der Waals surface area contributed by atoms with Crippen LogP contribution >= 0.6 is 22.6 Å². The third kappa shape index (κ3) is 3.02. The molecule has 1 unspecified atom stereocenters. The van der Waals surface area contributed by atoms with Crippen LogP contribution in [0.15, 0.2) is 30.3 Å². The van der Waals surface area contributed by atoms with Gasteiger partial charge in [-0.25, -0.2) is 0 Å². The molecule has 1 fully saturated rings. The van der Waals surface area contributed by atoms with Crippen molar-refractivity contribution in [2.24, 2.45) is 5.41 Å². The minimum Gasteiger partial charge on any atom is -0.460 e. The Morgan fingerprint density at radius 1 is 1.25 bits per heavy atom. The topological polar surface area (TPSA) is 26.3 Å². The van der Waals surface area contributed by atoms with Gasteiger partial charge in [-0.3, -0.25) is 4.79 Å². The van der Waals surface area contributed by atoms with Crippen LogP contribution in [0.4, 0.5) is 0 Å². The van der Waals surface area contributed by atoms with Crippen LogP contribution < -0.4 is 0 Å². The van der Waals surface area contributed by atoms with E-state index in [-0.39, 0.29) is 14.8 Å². The van der Waals surface area contributed by atoms with E-state index in [4.69, 9.17) is 4.74 Å². The molecule has 0 amide bonds. The lowest BCUT2D eigenvalue weighted by Gasteiger charge is -2.46. The summed E-state index contributed by atoms with van der Waals surface area (Å²) in [5.74, 6) is -0.0135. The van der Waals surface area contributed by atoms with Crippen molar-refractivity contribution in [2.45, 2.75) is 56.0 Å². The number of hydrogen-bond acceptors (Lipinski definition) is 2. The van der Waals surface area contributed by atoms with Crippen LogP contribution in [0.25, 0.3) is 0 Å². The number of alkyl halides is 1. The number of halogens is 1. The highest BCUT2D eigenvalue weighted by Crippen LogP contribution is 2.52. The third-order valence-corrected chi connectivity index (χ3v) is 6.28. The molecule has 0 radical (unpaired) electrons. The van der Waals surface area contributed by atoms with E-state index in [1.807, 2.05) is 30.3 Å². The Morgan fingerprint density at radius 2 is 1.90 bits per heavy atom. The van der Waals surface area contributed by atoms with Crippen molar-refractivity contribution in [1.29, 1.82) is 0 Å². The monoisotopic (exact) mass is 386 g/mol. The lowest BCUT2D eigenvalue weighted by Crippen LogP contribution is -2.50. The maximum absolute atomic E-state index is 12.7. The van der Waals surface area contributed by atoms with Crippen LogP contribution in [0.1, 0.15) is 51.5 Å². The van der Waals surface area contributed by atoms with E-state index < -0.39 is 0 Å². The van der Waals surface area contributed by atoms with Crippen LogP contribution in [0.5, 0.6) is 0 Å². The Kier molecular flexibility index (Phi) is 5.10. The van der Waals surface area contributed by atoms with Crippen molar-refractivity contribution in [2.75, 3.05) is 0 Å². The molecule has 1 aliphatic carbocycles. The summed E-state index contributed by atoms with van der Waals surface area (Å²) in [6.45, 7) is 4.71. The Hall–Kier alpha value is -0.580. The highest BCUT2D eigenvalue weighted by molar-refractivity contribution is 14.1. The molecule has 20 heavy (non-hydrogen) atoms. The highest BCUT2D eigenvalue weighted by atomic mass is 127. The van der Waals surface area contributed by atoms with Gasteiger partial charge in [0.05, 0.1) is 5.41 Å². The zero-order chi connectivity index (χ0) is 14.6. The smallest absolute Gasteiger partial charge is 0.313 e. The quantitative estimate of drug-likeness (QED) is 0.418. The molecule has 1 saturated carbocycles. The van der Waals surface area contributed by atoms with E-state index in [9.17, 15) is 4.79 Å². The molecular weight excluding hydrogens is 363 g/mol. The van der Waals surface area contributed by atoms with Gasteiger partial charge in [-0.2, -0.15) is 0 Å². The first-order valence-electron chi connectivity index (χ1n) is 7.42. The first-order valence-corrected chi connectivity index (χ1v) is 8.50. The molecule has 110 valence electrons. The summed E-state index contributed by atoms with van der Waals surface area (Å²) in [6, 6.07) is 9.91. The van der Waals surface area contributed by atoms with E-state index in [1.54, 1.807) is 0 Å². The fraction of sp³-hybridized carbons (Fsp3) is 0.588. The molecule has 2 nitrogen and oxygen atoms in total. The summed E-state index contributed by atoms with van der Waals surface area (Å²) < 4.78 is 5.66. The Morgan fingerprint density at radius 3 is 2.50 bits per heavy atom. The largest absolute Gasteiger partial charge is 0.460 e. The molecule has 0 bridgehead atoms. The van der Waals surface area contributed by atoms with Gasteiger partial charge < -0.3 is 4.74 Å². The van der Waals surface area contributed by atoms with E-state index >= 15 is 0 Å². The van der Waals surface area contributed by atoms with Gasteiger partial charge in [0.15, 0.2) is 0 Å². The van der Waals surface area contributed by atoms with Gasteiger partial charge in [0, 0.05) is 3.42 Å². The lowest BCUT2D eigenvalue weighted by atomic mass is 9.65. The zero-order valence-electron chi connectivity index (χ0n) is 12.3. The van der Waals surface area contributed by atoms with Crippen LogP contribution in [-0.4, -0.2) is 9.39 Å². The first kappa shape index (κ1) is 15.8. The van der Waals surface area contributed by atoms with Gasteiger partial charge in [0.1, 0.15) is 6.61 Å². The highest BCUT2D eigenvalue weighted by Gasteiger charge is 2.53. The van der Waals surface area contributed by atoms with Crippen molar-refractivity contribution in [3.63, 3.8) is 0 Å². The van der Waals surface area contributed by atoms with Crippen molar-refractivity contribution in [1.82, 2.24) is 0 Å². The fourth-order valence-corrected chi connectivity index (χ4v) is 4.50. The van der Waals surface area contributed by atoms with Gasteiger partial charge >= 0.3 is 5.97 Å². The van der Waals surface area contributed by atoms with Gasteiger partial charge in [-0.15, -0.1) is 0 Å². The Labute approximate surface area is 135 Å². The molecule has 2 rings (SSSR count). The maximum atomic E-state index is 12.7. The predicted octanol–water partition coefficient (Wildman–Crippen LogP) is 4.89. The molecular formula is C17H23IO2. The zero-order valence-corrected chi connectivity index (χ0v) is 14.5. The number of esters is 1. The summed E-state index contributed by atoms with van der Waals surface area (Å²) in [4.78, 5) is 12.7. The number of ether oxygens (including phenoxy) is 1. The molecule has 0 heterocycles. The molecule has 1 aromatic rings. The minimum absolute atomic E-state index is 0.00549. The number of rotatable bonds is 4. The summed E-state index contributed by atoms with van der Waals surface area (Å²) >= 11 is 2.47. The van der Waals surface area contributed by atoms with E-state index in [0.717, 1.165) is 31.2 Å². The number of carbonyl (C=O) groups is 1. The standard InChI is InChI=1S/C17H23IO2/c1-3-17(12-8-7-11-16(17,2)18)15(19)20-13-14-9-5-4-6-10-14/h4-6,9-10H,3,7-8,11-13H2,1-2H3/t16-,17?/m0/s1. The van der Waals surface area contributed by atoms with Crippen molar-refractivity contribution < 1.29 is 9.53 Å². The van der Waals surface area contributed by atoms with E-state index in [2.05, 4.69) is 36.4 Å². The van der Waals surface area contributed by atoms with Crippen LogP contribution in [0.3, 0.4) is 0 Å². The second-order valence-electron chi connectivity index (χ2n) is 5.90. The van der Waals surface area contributed by atoms with Gasteiger partial charge in [0.2, 0.25) is 0 Å². The summed E-state index contributed by atoms with van der Waals surface area (Å²) in [5.41, 5.74) is 0.735. The Bertz CT molecular complexity index is 455. The first-order chi connectivity index (χ1) is 9.52. The van der Waals surface area contributed by atoms with Crippen molar-refractivity contribution in [3.05, 3.63) is 35.9 Å². The molecule has 0 spiro atoms. The Balaban J connectivity index is 2.09. The fourth-order valence-electron chi connectivity index (χ4n) is 3.25. The number of hydrogen-bond donors (Lipinski definition) is 0. The van der Waals surface area contributed by atoms with Gasteiger partial charge in [0.25, 0.3) is 0 Å². The number of benzene rings is 1. The maximum Gasteiger partial charge on any atom is 0.313 e. The summed E-state index contributed by atoms with van der Waals surface area (Å²) in [5, 5.41) is 0. The second-order valence-corrected chi connectivity index (χ2v) is 8.28. The molecule has 2 atom stereocenters. The average Bonchev–Trinajstić information content (AvgIpc) is 2.46. The molecule has 0 saturated heterocycles. The third-order valence-electron chi connectivity index (χ3n) is 4.70. The molecule has 1 aromatic carbocycles. The van der Waals surface area contributed by atoms with Crippen LogP contribution in [0.2, 0.25) is 0 Å². The number of carbonyl (C=O) groups excluding carboxylic acids is 1. The van der Waals surface area contributed by atoms with Crippen LogP contribution in [0, 0.1) is 5.41 Å². The molecule has 0 aliphatic heterocycles. The van der Waals surface area contributed by atoms with Crippen LogP contribution in [-0.2, 0) is 16.1 Å². The molecule has 0 N–H and O–H groups in total. The van der Waals surface area contributed by atoms with E-state index in [0.29, 0.717) is 6.61 Å². The molecule has 3 heteroatoms. The lowest BCUT2D eigenvalue weighted by molar-refractivity contribution is -0.161. The predicted molar refractivity (Wildman–Crippen MR) is 89.9 cm³/mol. The minimum atomic E-state index is -0.319. The summed E-state index contributed by atoms with van der Waals surface area (Å²) in [7, 11) is 0. The van der Waals surface area contributed by atoms with Crippen molar-refractivity contribution in [3.8, 4) is 0 Å². The van der Waals surface area contributed by atoms with E-state index in [1.165, 1.54) is 6.42 Å². The average molecular weight is 386 g/mol. The van der Waals surface area contributed by atoms with Gasteiger partial charge in [-0.1, -0.05) is 72.7 Å².